The normalized spacial score (nSPS) is 18.1. The maximum absolute atomic E-state index is 13.1. The molecule has 0 aliphatic carbocycles. The van der Waals surface area contributed by atoms with Crippen LogP contribution in [0.15, 0.2) is 18.7 Å². The minimum absolute atomic E-state index is 0.127. The molecule has 1 unspecified atom stereocenters. The molecule has 1 fully saturated rings. The molecular weight excluding hydrogens is 299 g/mol. The van der Waals surface area contributed by atoms with E-state index in [2.05, 4.69) is 15.6 Å². The Morgan fingerprint density at radius 1 is 1.36 bits per heavy atom. The minimum atomic E-state index is -4.35. The highest BCUT2D eigenvalue weighted by molar-refractivity contribution is 5.75. The second-order valence-electron chi connectivity index (χ2n) is 5.20. The van der Waals surface area contributed by atoms with Crippen molar-refractivity contribution in [3.8, 4) is 0 Å². The van der Waals surface area contributed by atoms with E-state index in [-0.39, 0.29) is 6.42 Å². The molecule has 9 heteroatoms. The van der Waals surface area contributed by atoms with Gasteiger partial charge in [-0.05, 0) is 0 Å². The highest BCUT2D eigenvalue weighted by Gasteiger charge is 2.43. The minimum Gasteiger partial charge on any atom is -0.354 e. The number of nitrogens with one attached hydrogen (secondary N) is 2. The summed E-state index contributed by atoms with van der Waals surface area (Å²) in [5.74, 6) is -0.391. The Kier molecular flexibility index (Phi) is 5.78. The van der Waals surface area contributed by atoms with Gasteiger partial charge in [0.05, 0.1) is 6.33 Å². The summed E-state index contributed by atoms with van der Waals surface area (Å²) in [5.41, 5.74) is 0. The van der Waals surface area contributed by atoms with Crippen molar-refractivity contribution in [2.24, 2.45) is 0 Å². The number of amides is 1. The van der Waals surface area contributed by atoms with Crippen LogP contribution in [-0.4, -0.2) is 65.3 Å². The number of hydrogen-bond acceptors (Lipinski definition) is 4. The van der Waals surface area contributed by atoms with E-state index in [1.807, 2.05) is 0 Å². The standard InChI is InChI=1S/C13H20F3N5O/c14-13(15,16)11(21-7-3-17-4-8-21)9-19-12(22)1-5-20-6-2-18-10-20/h2,6,10-11,17H,1,3-5,7-9H2,(H,19,22). The number of aryl methyl sites for hydroxylation is 1. The van der Waals surface area contributed by atoms with Gasteiger partial charge in [-0.3, -0.25) is 9.69 Å². The lowest BCUT2D eigenvalue weighted by Crippen LogP contribution is -2.57. The van der Waals surface area contributed by atoms with Crippen molar-refractivity contribution < 1.29 is 18.0 Å². The molecule has 124 valence electrons. The van der Waals surface area contributed by atoms with Gasteiger partial charge in [-0.15, -0.1) is 0 Å². The summed E-state index contributed by atoms with van der Waals surface area (Å²) in [6.07, 6.45) is 0.624. The van der Waals surface area contributed by atoms with Gasteiger partial charge in [-0.25, -0.2) is 4.98 Å². The van der Waals surface area contributed by atoms with Gasteiger partial charge in [0.2, 0.25) is 5.91 Å². The molecule has 0 bridgehead atoms. The van der Waals surface area contributed by atoms with E-state index in [1.165, 1.54) is 4.90 Å². The molecule has 1 amide bonds. The maximum Gasteiger partial charge on any atom is 0.405 e. The predicted molar refractivity (Wildman–Crippen MR) is 74.1 cm³/mol. The van der Waals surface area contributed by atoms with Crippen LogP contribution < -0.4 is 10.6 Å². The third-order valence-corrected chi connectivity index (χ3v) is 3.62. The summed E-state index contributed by atoms with van der Waals surface area (Å²) in [6.45, 7) is 1.70. The van der Waals surface area contributed by atoms with Crippen LogP contribution in [0, 0.1) is 0 Å². The Balaban J connectivity index is 1.81. The van der Waals surface area contributed by atoms with Gasteiger partial charge in [0.25, 0.3) is 0 Å². The summed E-state index contributed by atoms with van der Waals surface area (Å²) < 4.78 is 41.1. The Bertz CT molecular complexity index is 457. The molecule has 0 radical (unpaired) electrons. The third kappa shape index (κ3) is 4.99. The van der Waals surface area contributed by atoms with Crippen molar-refractivity contribution >= 4 is 5.91 Å². The van der Waals surface area contributed by atoms with Crippen molar-refractivity contribution in [3.05, 3.63) is 18.7 Å². The molecule has 1 aromatic rings. The van der Waals surface area contributed by atoms with Gasteiger partial charge in [-0.1, -0.05) is 0 Å². The summed E-state index contributed by atoms with van der Waals surface area (Å²) in [7, 11) is 0. The van der Waals surface area contributed by atoms with Crippen LogP contribution in [-0.2, 0) is 11.3 Å². The number of nitrogens with zero attached hydrogens (tertiary/aromatic N) is 3. The van der Waals surface area contributed by atoms with Crippen LogP contribution >= 0.6 is 0 Å². The molecule has 1 aliphatic rings. The molecule has 1 aliphatic heterocycles. The molecular formula is C13H20F3N5O. The van der Waals surface area contributed by atoms with E-state index >= 15 is 0 Å². The lowest BCUT2D eigenvalue weighted by molar-refractivity contribution is -0.184. The van der Waals surface area contributed by atoms with Gasteiger partial charge < -0.3 is 15.2 Å². The van der Waals surface area contributed by atoms with E-state index in [0.717, 1.165) is 0 Å². The molecule has 0 spiro atoms. The first-order valence-electron chi connectivity index (χ1n) is 7.21. The van der Waals surface area contributed by atoms with E-state index in [4.69, 9.17) is 0 Å². The number of alkyl halides is 3. The van der Waals surface area contributed by atoms with Gasteiger partial charge in [-0.2, -0.15) is 13.2 Å². The number of halogens is 3. The Hall–Kier alpha value is -1.61. The van der Waals surface area contributed by atoms with Crippen LogP contribution in [0.4, 0.5) is 13.2 Å². The molecule has 6 nitrogen and oxygen atoms in total. The number of rotatable bonds is 6. The fourth-order valence-corrected chi connectivity index (χ4v) is 2.39. The topological polar surface area (TPSA) is 62.2 Å². The maximum atomic E-state index is 13.1. The van der Waals surface area contributed by atoms with Crippen molar-refractivity contribution in [2.75, 3.05) is 32.7 Å². The van der Waals surface area contributed by atoms with Crippen LogP contribution in [0.5, 0.6) is 0 Å². The van der Waals surface area contributed by atoms with Crippen LogP contribution in [0.1, 0.15) is 6.42 Å². The summed E-state index contributed by atoms with van der Waals surface area (Å²) in [6, 6.07) is -1.63. The first kappa shape index (κ1) is 16.8. The van der Waals surface area contributed by atoms with Crippen LogP contribution in [0.25, 0.3) is 0 Å². The van der Waals surface area contributed by atoms with E-state index in [1.54, 1.807) is 23.3 Å². The number of imidazole rings is 1. The van der Waals surface area contributed by atoms with Crippen molar-refractivity contribution in [1.29, 1.82) is 0 Å². The third-order valence-electron chi connectivity index (χ3n) is 3.62. The van der Waals surface area contributed by atoms with Gasteiger partial charge in [0, 0.05) is 58.1 Å². The first-order chi connectivity index (χ1) is 10.5. The highest BCUT2D eigenvalue weighted by atomic mass is 19.4. The predicted octanol–water partition coefficient (Wildman–Crippen LogP) is 0.226. The second kappa shape index (κ2) is 7.59. The molecule has 1 saturated heterocycles. The van der Waals surface area contributed by atoms with E-state index in [0.29, 0.717) is 32.7 Å². The average Bonchev–Trinajstić information content (AvgIpc) is 2.98. The molecule has 2 N–H and O–H groups in total. The number of hydrogen-bond donors (Lipinski definition) is 2. The second-order valence-corrected chi connectivity index (χ2v) is 5.20. The lowest BCUT2D eigenvalue weighted by Gasteiger charge is -2.35. The molecule has 1 atom stereocenters. The molecule has 22 heavy (non-hydrogen) atoms. The zero-order valence-electron chi connectivity index (χ0n) is 12.1. The average molecular weight is 319 g/mol. The lowest BCUT2D eigenvalue weighted by atomic mass is 10.2. The van der Waals surface area contributed by atoms with Gasteiger partial charge >= 0.3 is 6.18 Å². The molecule has 2 heterocycles. The van der Waals surface area contributed by atoms with Crippen molar-refractivity contribution in [2.45, 2.75) is 25.2 Å². The zero-order valence-corrected chi connectivity index (χ0v) is 12.1. The molecule has 2 rings (SSSR count). The monoisotopic (exact) mass is 319 g/mol. The largest absolute Gasteiger partial charge is 0.405 e. The number of carbonyl (C=O) groups excluding carboxylic acids is 1. The number of piperazine rings is 1. The fourth-order valence-electron chi connectivity index (χ4n) is 2.39. The summed E-state index contributed by atoms with van der Waals surface area (Å²) in [5, 5.41) is 5.41. The fraction of sp³-hybridized carbons (Fsp3) is 0.692. The SMILES string of the molecule is O=C(CCn1ccnc1)NCC(N1CCNCC1)C(F)(F)F. The van der Waals surface area contributed by atoms with E-state index < -0.39 is 24.7 Å². The Labute approximate surface area is 126 Å². The highest BCUT2D eigenvalue weighted by Crippen LogP contribution is 2.24. The van der Waals surface area contributed by atoms with Crippen LogP contribution in [0.3, 0.4) is 0 Å². The Morgan fingerprint density at radius 2 is 2.09 bits per heavy atom. The van der Waals surface area contributed by atoms with Crippen LogP contribution in [0.2, 0.25) is 0 Å². The first-order valence-corrected chi connectivity index (χ1v) is 7.21. The molecule has 0 aromatic carbocycles. The van der Waals surface area contributed by atoms with Crippen molar-refractivity contribution in [1.82, 2.24) is 25.1 Å². The van der Waals surface area contributed by atoms with Gasteiger partial charge in [0.15, 0.2) is 0 Å². The summed E-state index contributed by atoms with van der Waals surface area (Å²) in [4.78, 5) is 16.9. The zero-order chi connectivity index (χ0) is 16.0. The van der Waals surface area contributed by atoms with E-state index in [9.17, 15) is 18.0 Å². The van der Waals surface area contributed by atoms with Gasteiger partial charge in [0.1, 0.15) is 6.04 Å². The Morgan fingerprint density at radius 3 is 2.68 bits per heavy atom. The molecule has 0 saturated carbocycles. The summed E-state index contributed by atoms with van der Waals surface area (Å²) >= 11 is 0. The number of aromatic nitrogens is 2. The molecule has 1 aromatic heterocycles. The smallest absolute Gasteiger partial charge is 0.354 e. The number of carbonyl (C=O) groups is 1. The quantitative estimate of drug-likeness (QED) is 0.788. The van der Waals surface area contributed by atoms with Crippen molar-refractivity contribution in [3.63, 3.8) is 0 Å².